The van der Waals surface area contributed by atoms with E-state index in [0.29, 0.717) is 18.7 Å². The Kier molecular flexibility index (Phi) is 5.93. The molecular formula is C19H30N4O2. The Morgan fingerprint density at radius 1 is 1.08 bits per heavy atom. The third-order valence-electron chi connectivity index (χ3n) is 4.24. The van der Waals surface area contributed by atoms with Crippen LogP contribution in [0.4, 0.5) is 10.5 Å². The fourth-order valence-electron chi connectivity index (χ4n) is 2.87. The van der Waals surface area contributed by atoms with E-state index < -0.39 is 0 Å². The maximum absolute atomic E-state index is 12.6. The zero-order chi connectivity index (χ0) is 18.6. The van der Waals surface area contributed by atoms with Crippen LogP contribution in [0.5, 0.6) is 0 Å². The number of amides is 3. The summed E-state index contributed by atoms with van der Waals surface area (Å²) in [6, 6.07) is 7.63. The number of benzene rings is 1. The lowest BCUT2D eigenvalue weighted by Gasteiger charge is -2.33. The zero-order valence-corrected chi connectivity index (χ0v) is 15.9. The average Bonchev–Trinajstić information content (AvgIpc) is 2.53. The quantitative estimate of drug-likeness (QED) is 0.884. The van der Waals surface area contributed by atoms with E-state index in [1.807, 2.05) is 68.9 Å². The number of hydrogen-bond acceptors (Lipinski definition) is 3. The molecule has 1 fully saturated rings. The van der Waals surface area contributed by atoms with Crippen LogP contribution in [-0.2, 0) is 0 Å². The van der Waals surface area contributed by atoms with Crippen molar-refractivity contribution in [2.75, 3.05) is 32.1 Å². The van der Waals surface area contributed by atoms with Crippen molar-refractivity contribution < 1.29 is 9.59 Å². The van der Waals surface area contributed by atoms with Crippen LogP contribution in [0.2, 0.25) is 0 Å². The van der Waals surface area contributed by atoms with Crippen LogP contribution in [0.15, 0.2) is 24.3 Å². The molecule has 0 atom stereocenters. The Bertz CT molecular complexity index is 597. The fraction of sp³-hybridized carbons (Fsp3) is 0.579. The van der Waals surface area contributed by atoms with Gasteiger partial charge in [0.05, 0.1) is 0 Å². The third-order valence-corrected chi connectivity index (χ3v) is 4.24. The number of piperidine rings is 1. The highest BCUT2D eigenvalue weighted by atomic mass is 16.2. The van der Waals surface area contributed by atoms with Crippen molar-refractivity contribution in [1.82, 2.24) is 15.5 Å². The molecule has 0 radical (unpaired) electrons. The number of nitrogens with zero attached hydrogens (tertiary/aromatic N) is 2. The molecule has 2 N–H and O–H groups in total. The van der Waals surface area contributed by atoms with Gasteiger partial charge in [0.1, 0.15) is 0 Å². The molecule has 2 rings (SSSR count). The molecule has 0 saturated carbocycles. The van der Waals surface area contributed by atoms with Gasteiger partial charge in [0.2, 0.25) is 0 Å². The number of urea groups is 1. The minimum absolute atomic E-state index is 0.0582. The monoisotopic (exact) mass is 346 g/mol. The summed E-state index contributed by atoms with van der Waals surface area (Å²) >= 11 is 0. The second-order valence-electron chi connectivity index (χ2n) is 7.86. The van der Waals surface area contributed by atoms with Gasteiger partial charge < -0.3 is 20.4 Å². The van der Waals surface area contributed by atoms with Crippen molar-refractivity contribution >= 4 is 17.6 Å². The van der Waals surface area contributed by atoms with Gasteiger partial charge >= 0.3 is 6.03 Å². The molecule has 1 heterocycles. The molecule has 0 aliphatic carbocycles. The summed E-state index contributed by atoms with van der Waals surface area (Å²) in [7, 11) is 3.95. The summed E-state index contributed by atoms with van der Waals surface area (Å²) in [5.41, 5.74) is 1.53. The van der Waals surface area contributed by atoms with Gasteiger partial charge in [0.15, 0.2) is 0 Å². The van der Waals surface area contributed by atoms with Crippen LogP contribution in [0.3, 0.4) is 0 Å². The molecule has 0 aromatic heterocycles. The number of hydrogen-bond donors (Lipinski definition) is 2. The standard InChI is InChI=1S/C19H30N4O2/c1-19(2,3)21-18(25)20-15-10-12-23(13-11-15)17(24)14-6-8-16(9-7-14)22(4)5/h6-9,15H,10-13H2,1-5H3,(H2,20,21,25). The molecular weight excluding hydrogens is 316 g/mol. The van der Waals surface area contributed by atoms with Gasteiger partial charge in [-0.2, -0.15) is 0 Å². The maximum atomic E-state index is 12.6. The van der Waals surface area contributed by atoms with Crippen molar-refractivity contribution in [2.45, 2.75) is 45.2 Å². The topological polar surface area (TPSA) is 64.7 Å². The molecule has 0 bridgehead atoms. The number of carbonyl (C=O) groups excluding carboxylic acids is 2. The van der Waals surface area contributed by atoms with Crippen LogP contribution in [-0.4, -0.2) is 55.6 Å². The van der Waals surface area contributed by atoms with Crippen molar-refractivity contribution in [2.24, 2.45) is 0 Å². The normalized spacial score (nSPS) is 15.6. The molecule has 25 heavy (non-hydrogen) atoms. The minimum atomic E-state index is -0.251. The van der Waals surface area contributed by atoms with E-state index in [9.17, 15) is 9.59 Å². The largest absolute Gasteiger partial charge is 0.378 e. The highest BCUT2D eigenvalue weighted by Gasteiger charge is 2.25. The molecule has 3 amide bonds. The molecule has 1 saturated heterocycles. The van der Waals surface area contributed by atoms with Gasteiger partial charge in [0.25, 0.3) is 5.91 Å². The lowest BCUT2D eigenvalue weighted by atomic mass is 10.0. The van der Waals surface area contributed by atoms with Gasteiger partial charge in [0, 0.05) is 50.0 Å². The number of carbonyl (C=O) groups is 2. The van der Waals surface area contributed by atoms with Crippen molar-refractivity contribution in [3.05, 3.63) is 29.8 Å². The summed E-state index contributed by atoms with van der Waals surface area (Å²) in [5, 5.41) is 5.91. The molecule has 0 spiro atoms. The van der Waals surface area contributed by atoms with Crippen LogP contribution in [0, 0.1) is 0 Å². The Labute approximate surface area is 150 Å². The second kappa shape index (κ2) is 7.76. The van der Waals surface area contributed by atoms with Crippen LogP contribution in [0.1, 0.15) is 44.0 Å². The van der Waals surface area contributed by atoms with Gasteiger partial charge in [-0.15, -0.1) is 0 Å². The van der Waals surface area contributed by atoms with E-state index in [-0.39, 0.29) is 23.5 Å². The van der Waals surface area contributed by atoms with E-state index >= 15 is 0 Å². The molecule has 1 aliphatic heterocycles. The van der Waals surface area contributed by atoms with Crippen LogP contribution < -0.4 is 15.5 Å². The predicted octanol–water partition coefficient (Wildman–Crippen LogP) is 2.45. The number of nitrogens with one attached hydrogen (secondary N) is 2. The first kappa shape index (κ1) is 19.1. The lowest BCUT2D eigenvalue weighted by molar-refractivity contribution is 0.0708. The number of rotatable bonds is 3. The molecule has 138 valence electrons. The van der Waals surface area contributed by atoms with Crippen LogP contribution >= 0.6 is 0 Å². The van der Waals surface area contributed by atoms with E-state index in [1.54, 1.807) is 0 Å². The van der Waals surface area contributed by atoms with E-state index in [0.717, 1.165) is 18.5 Å². The smallest absolute Gasteiger partial charge is 0.315 e. The minimum Gasteiger partial charge on any atom is -0.378 e. The number of anilines is 1. The predicted molar refractivity (Wildman–Crippen MR) is 101 cm³/mol. The first-order chi connectivity index (χ1) is 11.7. The molecule has 1 aromatic carbocycles. The fourth-order valence-corrected chi connectivity index (χ4v) is 2.87. The number of likely N-dealkylation sites (tertiary alicyclic amines) is 1. The molecule has 0 unspecified atom stereocenters. The maximum Gasteiger partial charge on any atom is 0.315 e. The second-order valence-corrected chi connectivity index (χ2v) is 7.86. The molecule has 1 aliphatic rings. The zero-order valence-electron chi connectivity index (χ0n) is 15.9. The highest BCUT2D eigenvalue weighted by Crippen LogP contribution is 2.17. The van der Waals surface area contributed by atoms with E-state index in [2.05, 4.69) is 10.6 Å². The van der Waals surface area contributed by atoms with E-state index in [1.165, 1.54) is 0 Å². The SMILES string of the molecule is CN(C)c1ccc(C(=O)N2CCC(NC(=O)NC(C)(C)C)CC2)cc1. The van der Waals surface area contributed by atoms with Gasteiger partial charge in [-0.05, 0) is 57.9 Å². The lowest BCUT2D eigenvalue weighted by Crippen LogP contribution is -2.52. The van der Waals surface area contributed by atoms with Crippen molar-refractivity contribution in [1.29, 1.82) is 0 Å². The molecule has 6 nitrogen and oxygen atoms in total. The van der Waals surface area contributed by atoms with Gasteiger partial charge in [-0.25, -0.2) is 4.79 Å². The third kappa shape index (κ3) is 5.66. The van der Waals surface area contributed by atoms with Crippen molar-refractivity contribution in [3.63, 3.8) is 0 Å². The Morgan fingerprint density at radius 2 is 1.64 bits per heavy atom. The van der Waals surface area contributed by atoms with Gasteiger partial charge in [-0.1, -0.05) is 0 Å². The van der Waals surface area contributed by atoms with Crippen molar-refractivity contribution in [3.8, 4) is 0 Å². The van der Waals surface area contributed by atoms with E-state index in [4.69, 9.17) is 0 Å². The van der Waals surface area contributed by atoms with Crippen LogP contribution in [0.25, 0.3) is 0 Å². The molecule has 1 aromatic rings. The summed E-state index contributed by atoms with van der Waals surface area (Å²) in [6.45, 7) is 7.18. The summed E-state index contributed by atoms with van der Waals surface area (Å²) in [4.78, 5) is 28.4. The first-order valence-electron chi connectivity index (χ1n) is 8.81. The highest BCUT2D eigenvalue weighted by molar-refractivity contribution is 5.94. The van der Waals surface area contributed by atoms with Gasteiger partial charge in [-0.3, -0.25) is 4.79 Å². The first-order valence-corrected chi connectivity index (χ1v) is 8.81. The molecule has 6 heteroatoms. The summed E-state index contributed by atoms with van der Waals surface area (Å²) < 4.78 is 0. The Balaban J connectivity index is 1.85. The summed E-state index contributed by atoms with van der Waals surface area (Å²) in [5.74, 6) is 0.0582. The Morgan fingerprint density at radius 3 is 2.12 bits per heavy atom. The average molecular weight is 346 g/mol. The summed E-state index contributed by atoms with van der Waals surface area (Å²) in [6.07, 6.45) is 1.55. The Hall–Kier alpha value is -2.24.